The molecule has 0 radical (unpaired) electrons. The zero-order valence-electron chi connectivity index (χ0n) is 21.0. The fourth-order valence-electron chi connectivity index (χ4n) is 3.62. The molecule has 2 aromatic heterocycles. The van der Waals surface area contributed by atoms with Gasteiger partial charge >= 0.3 is 23.9 Å². The van der Waals surface area contributed by atoms with Crippen LogP contribution >= 0.6 is 23.1 Å². The van der Waals surface area contributed by atoms with Gasteiger partial charge in [0, 0.05) is 17.2 Å². The summed E-state index contributed by atoms with van der Waals surface area (Å²) in [6.45, 7) is -0.158. The predicted octanol–water partition coefficient (Wildman–Crippen LogP) is 0.901. The number of rotatable bonds is 10. The number of hydrogen-bond donors (Lipinski definition) is 3. The molecule has 2 atom stereocenters. The molecule has 1 saturated heterocycles. The predicted molar refractivity (Wildman–Crippen MR) is 136 cm³/mol. The van der Waals surface area contributed by atoms with Crippen LogP contribution in [0.4, 0.5) is 18.3 Å². The number of anilines is 1. The van der Waals surface area contributed by atoms with Gasteiger partial charge in [0.25, 0.3) is 11.8 Å². The largest absolute Gasteiger partial charge is 0.519 e. The maximum atomic E-state index is 13.1. The molecule has 1 fully saturated rings. The lowest BCUT2D eigenvalue weighted by Crippen LogP contribution is -2.71. The van der Waals surface area contributed by atoms with Crippen molar-refractivity contribution in [3.63, 3.8) is 0 Å². The number of thiazole rings is 1. The maximum Gasteiger partial charge on any atom is 0.519 e. The Morgan fingerprint density at radius 2 is 2.07 bits per heavy atom. The number of hydrogen-bond acceptors (Lipinski definition) is 14. The van der Waals surface area contributed by atoms with Gasteiger partial charge < -0.3 is 34.6 Å². The lowest BCUT2D eigenvalue weighted by molar-refractivity contribution is -0.153. The Morgan fingerprint density at radius 3 is 2.67 bits per heavy atom. The summed E-state index contributed by atoms with van der Waals surface area (Å²) in [7, 11) is 0. The summed E-state index contributed by atoms with van der Waals surface area (Å²) in [5.41, 5.74) is 4.31. The second kappa shape index (κ2) is 12.1. The summed E-state index contributed by atoms with van der Waals surface area (Å²) in [4.78, 5) is 70.6. The number of aromatic nitrogens is 1. The minimum absolute atomic E-state index is 0.00511. The minimum Gasteiger partial charge on any atom is -0.479 e. The van der Waals surface area contributed by atoms with E-state index in [1.54, 1.807) is 0 Å². The number of oxime groups is 1. The van der Waals surface area contributed by atoms with Crippen LogP contribution in [-0.4, -0.2) is 74.4 Å². The van der Waals surface area contributed by atoms with Gasteiger partial charge in [-0.05, 0) is 12.5 Å². The van der Waals surface area contributed by atoms with Crippen molar-refractivity contribution in [1.82, 2.24) is 15.2 Å². The number of halogens is 3. The SMILES string of the molecule is Cc1oc(=O)oc1COC(=O)C1=C(C=CC(F)(F)F)CS[C@H]2C(NC(=O)C(=NOCC(=O)O)c3csc(N)n3)C(=O)N12. The number of nitrogens with zero attached hydrogens (tertiary/aromatic N) is 3. The molecule has 4 rings (SSSR count). The van der Waals surface area contributed by atoms with Gasteiger partial charge in [0.15, 0.2) is 29.0 Å². The highest BCUT2D eigenvalue weighted by molar-refractivity contribution is 8.00. The molecule has 4 heterocycles. The molecular formula is C22H18F3N5O10S2. The second-order valence-electron chi connectivity index (χ2n) is 8.30. The van der Waals surface area contributed by atoms with Crippen molar-refractivity contribution < 1.29 is 55.9 Å². The number of thioether (sulfide) groups is 1. The normalized spacial score (nSPS) is 19.0. The monoisotopic (exact) mass is 633 g/mol. The van der Waals surface area contributed by atoms with E-state index in [0.717, 1.165) is 28.0 Å². The number of fused-ring (bicyclic) bond motifs is 1. The highest BCUT2D eigenvalue weighted by atomic mass is 32.2. The summed E-state index contributed by atoms with van der Waals surface area (Å²) in [5.74, 6) is -5.87. The van der Waals surface area contributed by atoms with Crippen LogP contribution in [0, 0.1) is 6.92 Å². The van der Waals surface area contributed by atoms with E-state index < -0.39 is 71.8 Å². The van der Waals surface area contributed by atoms with E-state index in [4.69, 9.17) is 20.0 Å². The Bertz CT molecular complexity index is 1570. The van der Waals surface area contributed by atoms with Gasteiger partial charge in [-0.15, -0.1) is 23.1 Å². The molecule has 2 amide bonds. The Morgan fingerprint density at radius 1 is 1.33 bits per heavy atom. The number of aryl methyl sites for hydroxylation is 1. The van der Waals surface area contributed by atoms with Gasteiger partial charge in [-0.3, -0.25) is 14.5 Å². The summed E-state index contributed by atoms with van der Waals surface area (Å²) >= 11 is 1.89. The van der Waals surface area contributed by atoms with Crippen molar-refractivity contribution in [3.8, 4) is 0 Å². The van der Waals surface area contributed by atoms with Gasteiger partial charge in [-0.1, -0.05) is 11.2 Å². The summed E-state index contributed by atoms with van der Waals surface area (Å²) in [6.07, 6.45) is -4.22. The molecule has 0 aliphatic carbocycles. The number of β-lactam (4-membered cyclic amide) rings is 1. The standard InChI is InChI=1S/C22H18F3N5O10S2/c1-8-11(40-21(36)39-8)4-37-19(35)15-9(2-3-22(23,24)25)6-41-18-14(17(34)30(15)18)28-16(33)13(29-38-5-12(31)32)10-7-42-20(26)27-10/h2-3,7,14,18H,4-6H2,1H3,(H2,26,27)(H,28,33)(H,31,32)/t14?,18-/m0/s1. The van der Waals surface area contributed by atoms with Crippen LogP contribution in [0.15, 0.2) is 47.6 Å². The highest BCUT2D eigenvalue weighted by Crippen LogP contribution is 2.41. The number of carbonyl (C=O) groups excluding carboxylic acids is 3. The van der Waals surface area contributed by atoms with Crippen LogP contribution in [0.2, 0.25) is 0 Å². The van der Waals surface area contributed by atoms with Crippen LogP contribution < -0.4 is 16.9 Å². The number of carboxylic acid groups (broad SMARTS) is 1. The number of carbonyl (C=O) groups is 4. The number of nitrogens with two attached hydrogens (primary N) is 1. The number of amides is 2. The molecule has 20 heteroatoms. The first-order valence-corrected chi connectivity index (χ1v) is 13.3. The molecule has 2 aliphatic heterocycles. The minimum atomic E-state index is -4.73. The maximum absolute atomic E-state index is 13.1. The average Bonchev–Trinajstić information content (AvgIpc) is 3.48. The number of nitrogen functional groups attached to an aromatic ring is 1. The van der Waals surface area contributed by atoms with Gasteiger partial charge in [0.2, 0.25) is 6.61 Å². The van der Waals surface area contributed by atoms with Crippen molar-refractivity contribution in [2.45, 2.75) is 31.1 Å². The van der Waals surface area contributed by atoms with Gasteiger partial charge in [-0.2, -0.15) is 13.2 Å². The fourth-order valence-corrected chi connectivity index (χ4v) is 5.49. The summed E-state index contributed by atoms with van der Waals surface area (Å²) in [5, 5.41) is 15.1. The number of nitrogens with one attached hydrogen (secondary N) is 1. The third-order valence-electron chi connectivity index (χ3n) is 5.44. The third kappa shape index (κ3) is 6.82. The molecule has 2 aromatic rings. The van der Waals surface area contributed by atoms with Crippen LogP contribution in [0.1, 0.15) is 17.2 Å². The number of alkyl halides is 3. The molecule has 224 valence electrons. The van der Waals surface area contributed by atoms with Crippen LogP contribution in [0.25, 0.3) is 0 Å². The van der Waals surface area contributed by atoms with E-state index in [-0.39, 0.29) is 39.7 Å². The van der Waals surface area contributed by atoms with Gasteiger partial charge in [0.05, 0.1) is 0 Å². The molecule has 42 heavy (non-hydrogen) atoms. The quantitative estimate of drug-likeness (QED) is 0.144. The van der Waals surface area contributed by atoms with Crippen LogP contribution in [0.3, 0.4) is 0 Å². The Kier molecular flexibility index (Phi) is 8.75. The Balaban J connectivity index is 1.56. The number of aliphatic carboxylic acids is 1. The second-order valence-corrected chi connectivity index (χ2v) is 10.3. The average molecular weight is 634 g/mol. The molecular weight excluding hydrogens is 615 g/mol. The number of esters is 1. The Labute approximate surface area is 239 Å². The van der Waals surface area contributed by atoms with Crippen molar-refractivity contribution in [2.75, 3.05) is 18.1 Å². The number of allylic oxidation sites excluding steroid dienone is 2. The third-order valence-corrected chi connectivity index (χ3v) is 7.42. The first-order valence-electron chi connectivity index (χ1n) is 11.4. The number of carboxylic acids is 1. The van der Waals surface area contributed by atoms with Crippen molar-refractivity contribution in [2.24, 2.45) is 5.16 Å². The molecule has 0 saturated carbocycles. The number of ether oxygens (including phenoxy) is 1. The zero-order chi connectivity index (χ0) is 30.8. The fraction of sp³-hybridized carbons (Fsp3) is 0.318. The van der Waals surface area contributed by atoms with Crippen molar-refractivity contribution in [1.29, 1.82) is 0 Å². The highest BCUT2D eigenvalue weighted by Gasteiger charge is 2.54. The topological polar surface area (TPSA) is 217 Å². The first kappa shape index (κ1) is 30.4. The molecule has 15 nitrogen and oxygen atoms in total. The molecule has 0 aromatic carbocycles. The van der Waals surface area contributed by atoms with E-state index >= 15 is 0 Å². The molecule has 0 spiro atoms. The van der Waals surface area contributed by atoms with E-state index in [0.29, 0.717) is 6.08 Å². The molecule has 1 unspecified atom stereocenters. The molecule has 4 N–H and O–H groups in total. The smallest absolute Gasteiger partial charge is 0.479 e. The van der Waals surface area contributed by atoms with Crippen molar-refractivity contribution >= 4 is 57.7 Å². The van der Waals surface area contributed by atoms with Gasteiger partial charge in [-0.25, -0.2) is 19.4 Å². The van der Waals surface area contributed by atoms with Crippen LogP contribution in [0.5, 0.6) is 0 Å². The van der Waals surface area contributed by atoms with Gasteiger partial charge in [0.1, 0.15) is 22.8 Å². The molecule has 0 bridgehead atoms. The van der Waals surface area contributed by atoms with E-state index in [1.165, 1.54) is 12.3 Å². The first-order chi connectivity index (χ1) is 19.7. The van der Waals surface area contributed by atoms with E-state index in [2.05, 4.69) is 24.7 Å². The summed E-state index contributed by atoms with van der Waals surface area (Å²) < 4.78 is 53.2. The lowest BCUT2D eigenvalue weighted by atomic mass is 10.0. The van der Waals surface area contributed by atoms with Crippen molar-refractivity contribution in [3.05, 3.63) is 56.6 Å². The van der Waals surface area contributed by atoms with E-state index in [9.17, 15) is 37.1 Å². The zero-order valence-corrected chi connectivity index (χ0v) is 22.6. The summed E-state index contributed by atoms with van der Waals surface area (Å²) in [6, 6.07) is -1.28. The van der Waals surface area contributed by atoms with Crippen LogP contribution in [-0.2, 0) is 35.4 Å². The molecule has 2 aliphatic rings. The van der Waals surface area contributed by atoms with E-state index in [1.807, 2.05) is 0 Å². The lowest BCUT2D eigenvalue weighted by Gasteiger charge is -2.49. The Hall–Kier alpha value is -4.59.